The lowest BCUT2D eigenvalue weighted by molar-refractivity contribution is 0.0966. The Labute approximate surface area is 131 Å². The summed E-state index contributed by atoms with van der Waals surface area (Å²) in [5, 5.41) is 12.7. The number of phenolic OH excluding ortho intramolecular Hbond substituents is 1. The summed E-state index contributed by atoms with van der Waals surface area (Å²) in [6.07, 6.45) is 0. The van der Waals surface area contributed by atoms with Crippen LogP contribution in [0.2, 0.25) is 0 Å². The van der Waals surface area contributed by atoms with Gasteiger partial charge in [-0.05, 0) is 42.7 Å². The van der Waals surface area contributed by atoms with Gasteiger partial charge in [-0.25, -0.2) is 0 Å². The number of rotatable bonds is 1. The molecule has 1 aliphatic heterocycles. The number of carbonyl (C=O) groups excluding carboxylic acids is 1. The normalized spacial score (nSPS) is 13.2. The zero-order valence-corrected chi connectivity index (χ0v) is 13.3. The summed E-state index contributed by atoms with van der Waals surface area (Å²) in [4.78, 5) is 12.0. The van der Waals surface area contributed by atoms with E-state index in [1.165, 1.54) is 0 Å². The molecule has 3 rings (SSSR count). The van der Waals surface area contributed by atoms with Gasteiger partial charge in [-0.3, -0.25) is 4.79 Å². The summed E-state index contributed by atoms with van der Waals surface area (Å²) in [5.74, 6) is 0.0663. The number of carbonyl (C=O) groups is 1. The Balaban J connectivity index is 2.36. The van der Waals surface area contributed by atoms with Crippen LogP contribution in [-0.4, -0.2) is 11.0 Å². The monoisotopic (exact) mass is 346 g/mol. The molecule has 0 atom stereocenters. The number of fused-ring (bicyclic) bond motifs is 1. The van der Waals surface area contributed by atoms with Crippen LogP contribution in [0.3, 0.4) is 0 Å². The number of aromatic hydroxyl groups is 1. The minimum Gasteiger partial charge on any atom is -0.508 e. The van der Waals surface area contributed by atoms with Crippen molar-refractivity contribution in [1.29, 1.82) is 0 Å². The molecule has 0 bridgehead atoms. The van der Waals surface area contributed by atoms with E-state index >= 15 is 0 Å². The molecule has 1 heterocycles. The molecule has 0 fully saturated rings. The molecule has 1 aliphatic rings. The average molecular weight is 347 g/mol. The van der Waals surface area contributed by atoms with E-state index in [9.17, 15) is 9.90 Å². The van der Waals surface area contributed by atoms with Crippen LogP contribution in [0.25, 0.3) is 11.1 Å². The van der Waals surface area contributed by atoms with Crippen LogP contribution in [0.15, 0.2) is 22.7 Å². The van der Waals surface area contributed by atoms with Gasteiger partial charge in [0, 0.05) is 22.1 Å². The first-order chi connectivity index (χ1) is 9.91. The summed E-state index contributed by atoms with van der Waals surface area (Å²) in [7, 11) is 0. The van der Waals surface area contributed by atoms with Crippen LogP contribution >= 0.6 is 15.9 Å². The number of nitrogen functional groups attached to an aromatic ring is 1. The average Bonchev–Trinajstić information content (AvgIpc) is 2.83. The molecule has 4 N–H and O–H groups in total. The predicted molar refractivity (Wildman–Crippen MR) is 86.3 cm³/mol. The number of amides is 1. The molecule has 4 nitrogen and oxygen atoms in total. The molecular formula is C16H15BrN2O2. The molecule has 0 aliphatic carbocycles. The Hall–Kier alpha value is -2.01. The fraction of sp³-hybridized carbons (Fsp3) is 0.188. The highest BCUT2D eigenvalue weighted by Crippen LogP contribution is 2.41. The van der Waals surface area contributed by atoms with Crippen LogP contribution in [-0.2, 0) is 6.54 Å². The van der Waals surface area contributed by atoms with Crippen molar-refractivity contribution in [2.45, 2.75) is 20.4 Å². The van der Waals surface area contributed by atoms with Gasteiger partial charge in [0.2, 0.25) is 0 Å². The van der Waals surface area contributed by atoms with Gasteiger partial charge in [0.15, 0.2) is 0 Å². The summed E-state index contributed by atoms with van der Waals surface area (Å²) < 4.78 is 0.849. The molecule has 0 saturated carbocycles. The third-order valence-corrected chi connectivity index (χ3v) is 4.70. The number of halogens is 1. The van der Waals surface area contributed by atoms with Gasteiger partial charge < -0.3 is 16.2 Å². The lowest BCUT2D eigenvalue weighted by Gasteiger charge is -2.16. The Kier molecular flexibility index (Phi) is 3.17. The maximum absolute atomic E-state index is 12.0. The van der Waals surface area contributed by atoms with Crippen LogP contribution in [0.1, 0.15) is 27.0 Å². The molecule has 0 radical (unpaired) electrons. The first kappa shape index (κ1) is 13.9. The zero-order valence-electron chi connectivity index (χ0n) is 11.7. The summed E-state index contributed by atoms with van der Waals surface area (Å²) in [6, 6.07) is 5.43. The molecule has 0 spiro atoms. The van der Waals surface area contributed by atoms with Gasteiger partial charge in [0.1, 0.15) is 5.75 Å². The largest absolute Gasteiger partial charge is 0.508 e. The minimum atomic E-state index is -0.152. The molecule has 108 valence electrons. The Morgan fingerprint density at radius 2 is 2.00 bits per heavy atom. The number of phenols is 1. The van der Waals surface area contributed by atoms with Gasteiger partial charge in [0.25, 0.3) is 5.91 Å². The van der Waals surface area contributed by atoms with Crippen molar-refractivity contribution in [2.75, 3.05) is 5.73 Å². The molecular weight excluding hydrogens is 332 g/mol. The topological polar surface area (TPSA) is 75.3 Å². The van der Waals surface area contributed by atoms with Crippen molar-refractivity contribution in [3.05, 3.63) is 44.9 Å². The van der Waals surface area contributed by atoms with E-state index in [0.717, 1.165) is 32.3 Å². The van der Waals surface area contributed by atoms with Crippen molar-refractivity contribution in [3.8, 4) is 16.9 Å². The van der Waals surface area contributed by atoms with E-state index in [2.05, 4.69) is 21.2 Å². The highest BCUT2D eigenvalue weighted by Gasteiger charge is 2.27. The Morgan fingerprint density at radius 1 is 1.29 bits per heavy atom. The first-order valence-corrected chi connectivity index (χ1v) is 7.39. The SMILES string of the molecule is Cc1ccc(O)c(C)c1-c1cc(Br)c2c(c1N)C(=O)NC2. The number of aryl methyl sites for hydroxylation is 1. The molecule has 0 unspecified atom stereocenters. The molecule has 1 amide bonds. The molecule has 0 saturated heterocycles. The molecule has 0 aromatic heterocycles. The third-order valence-electron chi connectivity index (χ3n) is 3.99. The lowest BCUT2D eigenvalue weighted by Crippen LogP contribution is -2.14. The highest BCUT2D eigenvalue weighted by atomic mass is 79.9. The number of hydrogen-bond donors (Lipinski definition) is 3. The van der Waals surface area contributed by atoms with Crippen molar-refractivity contribution in [2.24, 2.45) is 0 Å². The highest BCUT2D eigenvalue weighted by molar-refractivity contribution is 9.10. The van der Waals surface area contributed by atoms with Gasteiger partial charge >= 0.3 is 0 Å². The van der Waals surface area contributed by atoms with E-state index in [0.29, 0.717) is 17.8 Å². The number of anilines is 1. The molecule has 2 aromatic carbocycles. The Bertz CT molecular complexity index is 785. The third kappa shape index (κ3) is 2.00. The van der Waals surface area contributed by atoms with E-state index in [-0.39, 0.29) is 11.7 Å². The van der Waals surface area contributed by atoms with Crippen molar-refractivity contribution >= 4 is 27.5 Å². The number of hydrogen-bond acceptors (Lipinski definition) is 3. The van der Waals surface area contributed by atoms with Gasteiger partial charge in [-0.15, -0.1) is 0 Å². The van der Waals surface area contributed by atoms with Gasteiger partial charge in [-0.2, -0.15) is 0 Å². The summed E-state index contributed by atoms with van der Waals surface area (Å²) >= 11 is 3.51. The second kappa shape index (κ2) is 4.77. The fourth-order valence-corrected chi connectivity index (χ4v) is 3.42. The van der Waals surface area contributed by atoms with E-state index in [1.807, 2.05) is 26.0 Å². The Morgan fingerprint density at radius 3 is 2.71 bits per heavy atom. The second-order valence-electron chi connectivity index (χ2n) is 5.26. The summed E-state index contributed by atoms with van der Waals surface area (Å²) in [6.45, 7) is 4.29. The fourth-order valence-electron chi connectivity index (χ4n) is 2.85. The quantitative estimate of drug-likeness (QED) is 0.693. The van der Waals surface area contributed by atoms with Crippen LogP contribution < -0.4 is 11.1 Å². The summed E-state index contributed by atoms with van der Waals surface area (Å²) in [5.41, 5.74) is 11.5. The van der Waals surface area contributed by atoms with Gasteiger partial charge in [0.05, 0.1) is 11.3 Å². The zero-order chi connectivity index (χ0) is 15.3. The molecule has 5 heteroatoms. The maximum Gasteiger partial charge on any atom is 0.254 e. The van der Waals surface area contributed by atoms with Crippen LogP contribution in [0.4, 0.5) is 5.69 Å². The number of nitrogens with one attached hydrogen (secondary N) is 1. The standard InChI is InChI=1S/C16H15BrN2O2/c1-7-3-4-12(20)8(2)13(7)9-5-11(17)10-6-19-16(21)14(10)15(9)18/h3-5,20H,6,18H2,1-2H3,(H,19,21). The number of nitrogens with two attached hydrogens (primary N) is 1. The lowest BCUT2D eigenvalue weighted by atomic mass is 9.91. The van der Waals surface area contributed by atoms with E-state index in [4.69, 9.17) is 5.73 Å². The minimum absolute atomic E-state index is 0.152. The van der Waals surface area contributed by atoms with Crippen molar-refractivity contribution in [3.63, 3.8) is 0 Å². The smallest absolute Gasteiger partial charge is 0.254 e. The van der Waals surface area contributed by atoms with E-state index < -0.39 is 0 Å². The van der Waals surface area contributed by atoms with E-state index in [1.54, 1.807) is 6.07 Å². The number of benzene rings is 2. The van der Waals surface area contributed by atoms with Crippen LogP contribution in [0, 0.1) is 13.8 Å². The van der Waals surface area contributed by atoms with Crippen molar-refractivity contribution < 1.29 is 9.90 Å². The van der Waals surface area contributed by atoms with Gasteiger partial charge in [-0.1, -0.05) is 22.0 Å². The van der Waals surface area contributed by atoms with Crippen molar-refractivity contribution in [1.82, 2.24) is 5.32 Å². The second-order valence-corrected chi connectivity index (χ2v) is 6.11. The predicted octanol–water partition coefficient (Wildman–Crippen LogP) is 3.26. The molecule has 21 heavy (non-hydrogen) atoms. The first-order valence-electron chi connectivity index (χ1n) is 6.60. The molecule has 2 aromatic rings. The maximum atomic E-state index is 12.0. The van der Waals surface area contributed by atoms with Crippen LogP contribution in [0.5, 0.6) is 5.75 Å².